The number of hydrogen-bond donors (Lipinski definition) is 1. The normalized spacial score (nSPS) is 10.6. The number of rotatable bonds is 7. The van der Waals surface area contributed by atoms with E-state index in [1.54, 1.807) is 25.4 Å². The van der Waals surface area contributed by atoms with Gasteiger partial charge in [0.25, 0.3) is 5.91 Å². The topological polar surface area (TPSA) is 48.5 Å². The van der Waals surface area contributed by atoms with Crippen molar-refractivity contribution in [2.24, 2.45) is 0 Å². The minimum atomic E-state index is 0.0696. The fourth-order valence-corrected chi connectivity index (χ4v) is 1.86. The predicted octanol–water partition coefficient (Wildman–Crippen LogP) is 1.54. The maximum atomic E-state index is 12.4. The fraction of sp³-hybridized carbons (Fsp3) is 0.571. The molecule has 0 atom stereocenters. The average Bonchev–Trinajstić information content (AvgIpc) is 2.42. The van der Waals surface area contributed by atoms with Crippen LogP contribution in [0.3, 0.4) is 0 Å². The minimum Gasteiger partial charge on any atom is -0.373 e. The Labute approximate surface area is 115 Å². The molecule has 0 aliphatic rings. The van der Waals surface area contributed by atoms with E-state index in [2.05, 4.69) is 15.2 Å². The minimum absolute atomic E-state index is 0.0696. The van der Waals surface area contributed by atoms with Gasteiger partial charge in [-0.15, -0.1) is 0 Å². The first kappa shape index (κ1) is 15.4. The third-order valence-electron chi connectivity index (χ3n) is 2.97. The van der Waals surface area contributed by atoms with Gasteiger partial charge < -0.3 is 15.1 Å². The second-order valence-corrected chi connectivity index (χ2v) is 4.72. The lowest BCUT2D eigenvalue weighted by molar-refractivity contribution is 0.0759. The summed E-state index contributed by atoms with van der Waals surface area (Å²) in [6.45, 7) is 4.50. The van der Waals surface area contributed by atoms with E-state index in [1.165, 1.54) is 0 Å². The summed E-state index contributed by atoms with van der Waals surface area (Å²) in [5.74, 6) is 0.787. The summed E-state index contributed by atoms with van der Waals surface area (Å²) in [4.78, 5) is 20.5. The van der Waals surface area contributed by atoms with Gasteiger partial charge in [-0.2, -0.15) is 0 Å². The molecule has 1 amide bonds. The Balaban J connectivity index is 2.66. The smallest absolute Gasteiger partial charge is 0.254 e. The van der Waals surface area contributed by atoms with Crippen LogP contribution in [-0.4, -0.2) is 61.5 Å². The molecule has 0 spiro atoms. The molecule has 0 aliphatic heterocycles. The van der Waals surface area contributed by atoms with Crippen molar-refractivity contribution < 1.29 is 4.79 Å². The van der Waals surface area contributed by atoms with Gasteiger partial charge in [0, 0.05) is 31.9 Å². The summed E-state index contributed by atoms with van der Waals surface area (Å²) in [6, 6.07) is 3.55. The van der Waals surface area contributed by atoms with Gasteiger partial charge in [0.2, 0.25) is 0 Å². The van der Waals surface area contributed by atoms with Crippen LogP contribution in [0.1, 0.15) is 23.7 Å². The molecule has 0 bridgehead atoms. The fourth-order valence-electron chi connectivity index (χ4n) is 1.86. The molecule has 0 aromatic carbocycles. The summed E-state index contributed by atoms with van der Waals surface area (Å²) < 4.78 is 0. The molecule has 0 saturated carbocycles. The molecule has 0 saturated heterocycles. The largest absolute Gasteiger partial charge is 0.373 e. The Kier molecular flexibility index (Phi) is 6.29. The Morgan fingerprint density at radius 1 is 1.37 bits per heavy atom. The standard InChI is InChI=1S/C14H24N4O/c1-5-18(10-6-9-17(3)4)14(19)12-7-8-16-13(11-12)15-2/h7-8,11H,5-6,9-10H2,1-4H3,(H,15,16). The van der Waals surface area contributed by atoms with Crippen molar-refractivity contribution in [2.75, 3.05) is 46.1 Å². The number of pyridine rings is 1. The molecular formula is C14H24N4O. The molecule has 1 heterocycles. The Bertz CT molecular complexity index is 406. The highest BCUT2D eigenvalue weighted by molar-refractivity contribution is 5.94. The molecule has 0 radical (unpaired) electrons. The maximum Gasteiger partial charge on any atom is 0.254 e. The van der Waals surface area contributed by atoms with Crippen molar-refractivity contribution >= 4 is 11.7 Å². The van der Waals surface area contributed by atoms with Gasteiger partial charge in [0.05, 0.1) is 0 Å². The molecule has 1 aromatic rings. The summed E-state index contributed by atoms with van der Waals surface area (Å²) in [7, 11) is 5.88. The van der Waals surface area contributed by atoms with E-state index < -0.39 is 0 Å². The quantitative estimate of drug-likeness (QED) is 0.811. The average molecular weight is 264 g/mol. The second-order valence-electron chi connectivity index (χ2n) is 4.72. The lowest BCUT2D eigenvalue weighted by Crippen LogP contribution is -2.33. The zero-order chi connectivity index (χ0) is 14.3. The van der Waals surface area contributed by atoms with Crippen molar-refractivity contribution in [1.82, 2.24) is 14.8 Å². The zero-order valence-corrected chi connectivity index (χ0v) is 12.3. The number of carbonyl (C=O) groups is 1. The van der Waals surface area contributed by atoms with Gasteiger partial charge >= 0.3 is 0 Å². The van der Waals surface area contributed by atoms with Crippen LogP contribution in [0.2, 0.25) is 0 Å². The Hall–Kier alpha value is -1.62. The van der Waals surface area contributed by atoms with Crippen LogP contribution >= 0.6 is 0 Å². The maximum absolute atomic E-state index is 12.4. The van der Waals surface area contributed by atoms with E-state index in [1.807, 2.05) is 25.9 Å². The number of hydrogen-bond acceptors (Lipinski definition) is 4. The van der Waals surface area contributed by atoms with Crippen molar-refractivity contribution in [2.45, 2.75) is 13.3 Å². The molecule has 0 aliphatic carbocycles. The molecule has 0 unspecified atom stereocenters. The number of nitrogens with one attached hydrogen (secondary N) is 1. The summed E-state index contributed by atoms with van der Waals surface area (Å²) in [5.41, 5.74) is 0.686. The lowest BCUT2D eigenvalue weighted by Gasteiger charge is -2.22. The van der Waals surface area contributed by atoms with E-state index in [0.29, 0.717) is 5.56 Å². The van der Waals surface area contributed by atoms with Crippen LogP contribution < -0.4 is 5.32 Å². The summed E-state index contributed by atoms with van der Waals surface area (Å²) in [5, 5.41) is 2.95. The first-order valence-corrected chi connectivity index (χ1v) is 6.66. The Morgan fingerprint density at radius 2 is 2.11 bits per heavy atom. The van der Waals surface area contributed by atoms with Gasteiger partial charge in [0.1, 0.15) is 5.82 Å². The van der Waals surface area contributed by atoms with Crippen molar-refractivity contribution in [3.8, 4) is 0 Å². The van der Waals surface area contributed by atoms with E-state index in [0.717, 1.165) is 31.9 Å². The molecule has 5 nitrogen and oxygen atoms in total. The lowest BCUT2D eigenvalue weighted by atomic mass is 10.2. The Morgan fingerprint density at radius 3 is 2.68 bits per heavy atom. The molecule has 19 heavy (non-hydrogen) atoms. The van der Waals surface area contributed by atoms with Crippen LogP contribution in [0.5, 0.6) is 0 Å². The molecule has 1 N–H and O–H groups in total. The monoisotopic (exact) mass is 264 g/mol. The second kappa shape index (κ2) is 7.74. The number of aromatic nitrogens is 1. The molecule has 1 rings (SSSR count). The number of anilines is 1. The molecule has 5 heteroatoms. The summed E-state index contributed by atoms with van der Waals surface area (Å²) in [6.07, 6.45) is 2.64. The van der Waals surface area contributed by atoms with Crippen LogP contribution in [0.4, 0.5) is 5.82 Å². The van der Waals surface area contributed by atoms with E-state index in [9.17, 15) is 4.79 Å². The van der Waals surface area contributed by atoms with E-state index >= 15 is 0 Å². The van der Waals surface area contributed by atoms with Crippen LogP contribution in [0.15, 0.2) is 18.3 Å². The van der Waals surface area contributed by atoms with Crippen molar-refractivity contribution in [3.63, 3.8) is 0 Å². The highest BCUT2D eigenvalue weighted by Gasteiger charge is 2.14. The highest BCUT2D eigenvalue weighted by Crippen LogP contribution is 2.09. The van der Waals surface area contributed by atoms with Crippen LogP contribution in [0.25, 0.3) is 0 Å². The third kappa shape index (κ3) is 4.87. The van der Waals surface area contributed by atoms with Gasteiger partial charge in [-0.25, -0.2) is 4.98 Å². The third-order valence-corrected chi connectivity index (χ3v) is 2.97. The van der Waals surface area contributed by atoms with E-state index in [-0.39, 0.29) is 5.91 Å². The number of nitrogens with zero attached hydrogens (tertiary/aromatic N) is 3. The van der Waals surface area contributed by atoms with Gasteiger partial charge in [-0.05, 0) is 46.1 Å². The van der Waals surface area contributed by atoms with Gasteiger partial charge in [-0.1, -0.05) is 0 Å². The highest BCUT2D eigenvalue weighted by atomic mass is 16.2. The molecular weight excluding hydrogens is 240 g/mol. The first-order valence-electron chi connectivity index (χ1n) is 6.66. The molecule has 0 fully saturated rings. The van der Waals surface area contributed by atoms with Crippen LogP contribution in [-0.2, 0) is 0 Å². The molecule has 1 aromatic heterocycles. The number of amides is 1. The number of carbonyl (C=O) groups excluding carboxylic acids is 1. The first-order chi connectivity index (χ1) is 9.08. The van der Waals surface area contributed by atoms with Gasteiger partial charge in [0.15, 0.2) is 0 Å². The zero-order valence-electron chi connectivity index (χ0n) is 12.3. The van der Waals surface area contributed by atoms with E-state index in [4.69, 9.17) is 0 Å². The summed E-state index contributed by atoms with van der Waals surface area (Å²) >= 11 is 0. The van der Waals surface area contributed by atoms with Crippen LogP contribution in [0, 0.1) is 0 Å². The van der Waals surface area contributed by atoms with Crippen molar-refractivity contribution in [1.29, 1.82) is 0 Å². The predicted molar refractivity (Wildman–Crippen MR) is 78.5 cm³/mol. The SMILES string of the molecule is CCN(CCCN(C)C)C(=O)c1ccnc(NC)c1. The van der Waals surface area contributed by atoms with Gasteiger partial charge in [-0.3, -0.25) is 4.79 Å². The van der Waals surface area contributed by atoms with Crippen molar-refractivity contribution in [3.05, 3.63) is 23.9 Å². The molecule has 106 valence electrons.